The summed E-state index contributed by atoms with van der Waals surface area (Å²) in [5, 5.41) is 0. The maximum absolute atomic E-state index is 6.36. The van der Waals surface area contributed by atoms with Crippen LogP contribution in [-0.2, 0) is 0 Å². The molecule has 0 amide bonds. The predicted octanol–water partition coefficient (Wildman–Crippen LogP) is 2.39. The average Bonchev–Trinajstić information content (AvgIpc) is 2.66. The van der Waals surface area contributed by atoms with Crippen LogP contribution < -0.4 is 10.6 Å². The predicted molar refractivity (Wildman–Crippen MR) is 65.1 cm³/mol. The minimum Gasteiger partial charge on any atom is -0.373 e. The highest BCUT2D eigenvalue weighted by Crippen LogP contribution is 2.28. The molecule has 0 aromatic heterocycles. The maximum Gasteiger partial charge on any atom is 0.0364 e. The van der Waals surface area contributed by atoms with Gasteiger partial charge in [0.2, 0.25) is 0 Å². The molecule has 0 aliphatic heterocycles. The SMILES string of the molecule is CN(CC1(N)CCCC1)c1ccccc1. The van der Waals surface area contributed by atoms with Gasteiger partial charge in [0.05, 0.1) is 0 Å². The smallest absolute Gasteiger partial charge is 0.0364 e. The van der Waals surface area contributed by atoms with Crippen molar-refractivity contribution in [1.29, 1.82) is 0 Å². The summed E-state index contributed by atoms with van der Waals surface area (Å²) in [5.41, 5.74) is 7.66. The second-order valence-corrected chi connectivity index (χ2v) is 4.76. The summed E-state index contributed by atoms with van der Waals surface area (Å²) >= 11 is 0. The number of likely N-dealkylation sites (N-methyl/N-ethyl adjacent to an activating group) is 1. The fourth-order valence-electron chi connectivity index (χ4n) is 2.48. The molecule has 1 fully saturated rings. The molecule has 82 valence electrons. The number of hydrogen-bond acceptors (Lipinski definition) is 2. The summed E-state index contributed by atoms with van der Waals surface area (Å²) in [5.74, 6) is 0. The molecule has 15 heavy (non-hydrogen) atoms. The molecule has 2 rings (SSSR count). The molecule has 1 saturated carbocycles. The van der Waals surface area contributed by atoms with E-state index in [-0.39, 0.29) is 5.54 Å². The maximum atomic E-state index is 6.36. The van der Waals surface area contributed by atoms with Crippen LogP contribution in [0.3, 0.4) is 0 Å². The summed E-state index contributed by atoms with van der Waals surface area (Å²) in [6, 6.07) is 10.5. The van der Waals surface area contributed by atoms with E-state index in [1.54, 1.807) is 0 Å². The molecular weight excluding hydrogens is 184 g/mol. The first-order chi connectivity index (χ1) is 7.20. The average molecular weight is 204 g/mol. The highest BCUT2D eigenvalue weighted by Gasteiger charge is 2.30. The van der Waals surface area contributed by atoms with Crippen LogP contribution in [-0.4, -0.2) is 19.1 Å². The van der Waals surface area contributed by atoms with Gasteiger partial charge >= 0.3 is 0 Å². The zero-order valence-electron chi connectivity index (χ0n) is 9.45. The van der Waals surface area contributed by atoms with Crippen LogP contribution in [0, 0.1) is 0 Å². The van der Waals surface area contributed by atoms with E-state index in [2.05, 4.69) is 36.2 Å². The van der Waals surface area contributed by atoms with Crippen molar-refractivity contribution < 1.29 is 0 Å². The molecule has 0 spiro atoms. The summed E-state index contributed by atoms with van der Waals surface area (Å²) in [7, 11) is 2.13. The minimum atomic E-state index is 0.0462. The molecule has 0 saturated heterocycles. The number of para-hydroxylation sites is 1. The summed E-state index contributed by atoms with van der Waals surface area (Å²) in [4.78, 5) is 2.27. The van der Waals surface area contributed by atoms with Crippen molar-refractivity contribution in [2.24, 2.45) is 5.73 Å². The lowest BCUT2D eigenvalue weighted by Gasteiger charge is -2.31. The van der Waals surface area contributed by atoms with E-state index in [9.17, 15) is 0 Å². The highest BCUT2D eigenvalue weighted by molar-refractivity contribution is 5.45. The number of rotatable bonds is 3. The molecule has 1 aromatic carbocycles. The fraction of sp³-hybridized carbons (Fsp3) is 0.538. The summed E-state index contributed by atoms with van der Waals surface area (Å²) in [6.07, 6.45) is 4.92. The monoisotopic (exact) mass is 204 g/mol. The van der Waals surface area contributed by atoms with Crippen LogP contribution in [0.1, 0.15) is 25.7 Å². The van der Waals surface area contributed by atoms with Crippen LogP contribution >= 0.6 is 0 Å². The first kappa shape index (κ1) is 10.5. The molecule has 0 unspecified atom stereocenters. The van der Waals surface area contributed by atoms with Crippen molar-refractivity contribution in [3.8, 4) is 0 Å². The Morgan fingerprint density at radius 1 is 1.20 bits per heavy atom. The van der Waals surface area contributed by atoms with Gasteiger partial charge in [0, 0.05) is 24.8 Å². The van der Waals surface area contributed by atoms with E-state index in [1.807, 2.05) is 6.07 Å². The van der Waals surface area contributed by atoms with Gasteiger partial charge in [-0.2, -0.15) is 0 Å². The van der Waals surface area contributed by atoms with Crippen LogP contribution in [0.25, 0.3) is 0 Å². The van der Waals surface area contributed by atoms with Gasteiger partial charge in [0.1, 0.15) is 0 Å². The van der Waals surface area contributed by atoms with Crippen molar-refractivity contribution in [2.75, 3.05) is 18.5 Å². The Morgan fingerprint density at radius 2 is 1.80 bits per heavy atom. The van der Waals surface area contributed by atoms with Crippen molar-refractivity contribution in [1.82, 2.24) is 0 Å². The van der Waals surface area contributed by atoms with E-state index in [1.165, 1.54) is 31.4 Å². The van der Waals surface area contributed by atoms with Gasteiger partial charge in [-0.1, -0.05) is 31.0 Å². The molecular formula is C13H20N2. The van der Waals surface area contributed by atoms with Crippen LogP contribution in [0.5, 0.6) is 0 Å². The van der Waals surface area contributed by atoms with Crippen molar-refractivity contribution in [3.63, 3.8) is 0 Å². The third-order valence-electron chi connectivity index (χ3n) is 3.35. The zero-order valence-corrected chi connectivity index (χ0v) is 9.45. The second kappa shape index (κ2) is 4.23. The first-order valence-corrected chi connectivity index (χ1v) is 5.75. The van der Waals surface area contributed by atoms with E-state index in [0.29, 0.717) is 0 Å². The lowest BCUT2D eigenvalue weighted by atomic mass is 9.98. The van der Waals surface area contributed by atoms with E-state index in [0.717, 1.165) is 6.54 Å². The van der Waals surface area contributed by atoms with Gasteiger partial charge in [-0.15, -0.1) is 0 Å². The third kappa shape index (κ3) is 2.51. The van der Waals surface area contributed by atoms with Gasteiger partial charge in [0.15, 0.2) is 0 Å². The Labute approximate surface area is 92.1 Å². The normalized spacial score (nSPS) is 19.1. The summed E-state index contributed by atoms with van der Waals surface area (Å²) < 4.78 is 0. The Balaban J connectivity index is 2.00. The van der Waals surface area contributed by atoms with Crippen LogP contribution in [0.4, 0.5) is 5.69 Å². The topological polar surface area (TPSA) is 29.3 Å². The third-order valence-corrected chi connectivity index (χ3v) is 3.35. The first-order valence-electron chi connectivity index (χ1n) is 5.75. The lowest BCUT2D eigenvalue weighted by Crippen LogP contribution is -2.47. The largest absolute Gasteiger partial charge is 0.373 e. The van der Waals surface area contributed by atoms with Crippen LogP contribution in [0.2, 0.25) is 0 Å². The van der Waals surface area contributed by atoms with Crippen molar-refractivity contribution >= 4 is 5.69 Å². The van der Waals surface area contributed by atoms with E-state index < -0.39 is 0 Å². The lowest BCUT2D eigenvalue weighted by molar-refractivity contribution is 0.442. The van der Waals surface area contributed by atoms with Gasteiger partial charge in [0.25, 0.3) is 0 Å². The molecule has 2 heteroatoms. The number of hydrogen-bond donors (Lipinski definition) is 1. The molecule has 0 radical (unpaired) electrons. The zero-order chi connectivity index (χ0) is 10.7. The van der Waals surface area contributed by atoms with Gasteiger partial charge in [-0.3, -0.25) is 0 Å². The molecule has 1 aliphatic rings. The van der Waals surface area contributed by atoms with Crippen molar-refractivity contribution in [3.05, 3.63) is 30.3 Å². The number of anilines is 1. The Bertz CT molecular complexity index is 302. The molecule has 0 atom stereocenters. The quantitative estimate of drug-likeness (QED) is 0.819. The van der Waals surface area contributed by atoms with E-state index >= 15 is 0 Å². The Hall–Kier alpha value is -1.02. The molecule has 0 heterocycles. The summed E-state index contributed by atoms with van der Waals surface area (Å²) in [6.45, 7) is 0.969. The van der Waals surface area contributed by atoms with E-state index in [4.69, 9.17) is 5.73 Å². The number of nitrogens with two attached hydrogens (primary N) is 1. The highest BCUT2D eigenvalue weighted by atomic mass is 15.1. The number of nitrogens with zero attached hydrogens (tertiary/aromatic N) is 1. The molecule has 1 aromatic rings. The molecule has 2 N–H and O–H groups in total. The number of benzene rings is 1. The minimum absolute atomic E-state index is 0.0462. The second-order valence-electron chi connectivity index (χ2n) is 4.76. The molecule has 2 nitrogen and oxygen atoms in total. The molecule has 0 bridgehead atoms. The van der Waals surface area contributed by atoms with Crippen molar-refractivity contribution in [2.45, 2.75) is 31.2 Å². The Kier molecular flexibility index (Phi) is 2.96. The molecule has 1 aliphatic carbocycles. The standard InChI is InChI=1S/C13H20N2/c1-15(12-7-3-2-4-8-12)11-13(14)9-5-6-10-13/h2-4,7-8H,5-6,9-11,14H2,1H3. The fourth-order valence-corrected chi connectivity index (χ4v) is 2.48. The van der Waals surface area contributed by atoms with Gasteiger partial charge in [-0.25, -0.2) is 0 Å². The van der Waals surface area contributed by atoms with Gasteiger partial charge in [-0.05, 0) is 25.0 Å². The Morgan fingerprint density at radius 3 is 2.40 bits per heavy atom. The van der Waals surface area contributed by atoms with Gasteiger partial charge < -0.3 is 10.6 Å². The van der Waals surface area contributed by atoms with Crippen LogP contribution in [0.15, 0.2) is 30.3 Å².